The van der Waals surface area contributed by atoms with Gasteiger partial charge in [-0.1, -0.05) is 121 Å². The molecule has 0 spiro atoms. The zero-order valence-electron chi connectivity index (χ0n) is 29.8. The molecule has 0 aliphatic rings. The van der Waals surface area contributed by atoms with E-state index in [1.54, 1.807) is 0 Å². The van der Waals surface area contributed by atoms with Gasteiger partial charge < -0.3 is 4.42 Å². The first-order valence-electron chi connectivity index (χ1n) is 18.6. The van der Waals surface area contributed by atoms with Crippen molar-refractivity contribution in [3.63, 3.8) is 0 Å². The summed E-state index contributed by atoms with van der Waals surface area (Å²) in [6, 6.07) is 60.3. The van der Waals surface area contributed by atoms with Gasteiger partial charge in [-0.25, -0.2) is 14.5 Å². The van der Waals surface area contributed by atoms with Gasteiger partial charge in [0.05, 0.1) is 27.8 Å². The van der Waals surface area contributed by atoms with Gasteiger partial charge in [-0.05, 0) is 65.7 Å². The van der Waals surface area contributed by atoms with Crippen LogP contribution in [0.2, 0.25) is 0 Å². The molecule has 56 heavy (non-hydrogen) atoms. The van der Waals surface area contributed by atoms with Crippen LogP contribution in [0, 0.1) is 0 Å². The highest BCUT2D eigenvalue weighted by atomic mass is 16.3. The first kappa shape index (κ1) is 30.6. The number of para-hydroxylation sites is 3. The van der Waals surface area contributed by atoms with Gasteiger partial charge in [0.2, 0.25) is 17.4 Å². The predicted molar refractivity (Wildman–Crippen MR) is 223 cm³/mol. The Morgan fingerprint density at radius 2 is 1.00 bits per heavy atom. The molecule has 5 aromatic heterocycles. The summed E-state index contributed by atoms with van der Waals surface area (Å²) in [5.74, 6) is 2.63. The van der Waals surface area contributed by atoms with E-state index in [2.05, 4.69) is 98.5 Å². The summed E-state index contributed by atoms with van der Waals surface area (Å²) in [5.41, 5.74) is 11.6. The second-order valence-electron chi connectivity index (χ2n) is 14.0. The summed E-state index contributed by atoms with van der Waals surface area (Å²) in [4.78, 5) is 20.4. The minimum atomic E-state index is 0.569. The number of aromatic nitrogens is 7. The van der Waals surface area contributed by atoms with E-state index in [-0.39, 0.29) is 0 Å². The van der Waals surface area contributed by atoms with E-state index < -0.39 is 0 Å². The van der Waals surface area contributed by atoms with Gasteiger partial charge >= 0.3 is 0 Å². The fraction of sp³-hybridized carbons (Fsp3) is 0. The summed E-state index contributed by atoms with van der Waals surface area (Å²) in [7, 11) is 0. The van der Waals surface area contributed by atoms with Crippen molar-refractivity contribution in [2.75, 3.05) is 0 Å². The van der Waals surface area contributed by atoms with Crippen LogP contribution in [-0.4, -0.2) is 33.5 Å². The first-order valence-corrected chi connectivity index (χ1v) is 18.6. The first-order chi connectivity index (χ1) is 27.8. The molecular formula is C48H29N7O. The highest BCUT2D eigenvalue weighted by molar-refractivity contribution is 6.11. The molecule has 0 saturated carbocycles. The average Bonchev–Trinajstić information content (AvgIpc) is 4.00. The molecule has 8 nitrogen and oxygen atoms in total. The summed E-state index contributed by atoms with van der Waals surface area (Å²) in [5, 5.41) is 3.28. The maximum Gasteiger partial charge on any atom is 0.238 e. The Hall–Kier alpha value is -7.84. The zero-order chi connectivity index (χ0) is 36.7. The Morgan fingerprint density at radius 3 is 1.73 bits per heavy atom. The lowest BCUT2D eigenvalue weighted by atomic mass is 10.0. The van der Waals surface area contributed by atoms with Crippen LogP contribution in [0.5, 0.6) is 0 Å². The van der Waals surface area contributed by atoms with Crippen LogP contribution in [0.4, 0.5) is 0 Å². The van der Waals surface area contributed by atoms with Crippen molar-refractivity contribution in [3.05, 3.63) is 176 Å². The molecule has 0 saturated heterocycles. The minimum Gasteiger partial charge on any atom is -0.437 e. The predicted octanol–water partition coefficient (Wildman–Crippen LogP) is 11.5. The highest BCUT2D eigenvalue weighted by Gasteiger charge is 2.24. The Morgan fingerprint density at radius 1 is 0.411 bits per heavy atom. The van der Waals surface area contributed by atoms with Crippen molar-refractivity contribution in [3.8, 4) is 45.5 Å². The molecule has 0 aliphatic heterocycles. The van der Waals surface area contributed by atoms with Crippen LogP contribution in [0.25, 0.3) is 106 Å². The maximum atomic E-state index is 6.48. The SMILES string of the molecule is c1ccc(-c2nc(-c3ccccc3)nc(-n3c4ccccc4c4cc(-c5ccc6c(c5)nc5n(-c7ccccc7)c7oc8ccccc8c7n65)ccc43)n2)cc1. The molecule has 12 aromatic rings. The van der Waals surface area contributed by atoms with Crippen molar-refractivity contribution in [1.82, 2.24) is 33.5 Å². The second-order valence-corrected chi connectivity index (χ2v) is 14.0. The molecule has 7 aromatic carbocycles. The molecule has 0 amide bonds. The van der Waals surface area contributed by atoms with Crippen molar-refractivity contribution < 1.29 is 4.42 Å². The largest absolute Gasteiger partial charge is 0.437 e. The molecule has 0 aliphatic carbocycles. The Labute approximate surface area is 319 Å². The van der Waals surface area contributed by atoms with E-state index in [1.807, 2.05) is 91.0 Å². The van der Waals surface area contributed by atoms with Gasteiger partial charge in [-0.2, -0.15) is 9.97 Å². The number of fused-ring (bicyclic) bond motifs is 10. The number of nitrogens with zero attached hydrogens (tertiary/aromatic N) is 7. The van der Waals surface area contributed by atoms with E-state index in [0.29, 0.717) is 17.6 Å². The van der Waals surface area contributed by atoms with E-state index in [9.17, 15) is 0 Å². The number of furan rings is 1. The second kappa shape index (κ2) is 11.8. The minimum absolute atomic E-state index is 0.569. The molecule has 5 heterocycles. The zero-order valence-corrected chi connectivity index (χ0v) is 29.8. The molecule has 0 atom stereocenters. The van der Waals surface area contributed by atoms with E-state index in [0.717, 1.165) is 88.8 Å². The highest BCUT2D eigenvalue weighted by Crippen LogP contribution is 2.39. The van der Waals surface area contributed by atoms with E-state index in [1.165, 1.54) is 0 Å². The van der Waals surface area contributed by atoms with Gasteiger partial charge in [0.1, 0.15) is 11.1 Å². The normalized spacial score (nSPS) is 11.9. The molecule has 0 fully saturated rings. The van der Waals surface area contributed by atoms with E-state index >= 15 is 0 Å². The van der Waals surface area contributed by atoms with Gasteiger partial charge in [-0.15, -0.1) is 0 Å². The quantitative estimate of drug-likeness (QED) is 0.177. The maximum absolute atomic E-state index is 6.48. The smallest absolute Gasteiger partial charge is 0.238 e. The molecule has 262 valence electrons. The average molecular weight is 720 g/mol. The molecule has 0 N–H and O–H groups in total. The third-order valence-corrected chi connectivity index (χ3v) is 10.7. The fourth-order valence-electron chi connectivity index (χ4n) is 8.17. The lowest BCUT2D eigenvalue weighted by Gasteiger charge is -2.11. The number of imidazole rings is 2. The summed E-state index contributed by atoms with van der Waals surface area (Å²) in [6.07, 6.45) is 0. The molecule has 0 bridgehead atoms. The molecule has 8 heteroatoms. The van der Waals surface area contributed by atoms with Gasteiger partial charge in [0.15, 0.2) is 11.6 Å². The van der Waals surface area contributed by atoms with Crippen molar-refractivity contribution in [2.45, 2.75) is 0 Å². The topological polar surface area (TPSA) is 79.0 Å². The van der Waals surface area contributed by atoms with Crippen LogP contribution in [-0.2, 0) is 0 Å². The Bertz CT molecular complexity index is 3410. The van der Waals surface area contributed by atoms with Crippen molar-refractivity contribution in [1.29, 1.82) is 0 Å². The van der Waals surface area contributed by atoms with E-state index in [4.69, 9.17) is 24.4 Å². The summed E-state index contributed by atoms with van der Waals surface area (Å²) < 4.78 is 13.0. The number of hydrogen-bond acceptors (Lipinski definition) is 5. The molecule has 12 rings (SSSR count). The van der Waals surface area contributed by atoms with Crippen LogP contribution < -0.4 is 0 Å². The lowest BCUT2D eigenvalue weighted by molar-refractivity contribution is 0.645. The lowest BCUT2D eigenvalue weighted by Crippen LogP contribution is -2.06. The number of rotatable bonds is 5. The monoisotopic (exact) mass is 719 g/mol. The van der Waals surface area contributed by atoms with Crippen LogP contribution in [0.3, 0.4) is 0 Å². The van der Waals surface area contributed by atoms with Crippen molar-refractivity contribution in [2.24, 2.45) is 0 Å². The van der Waals surface area contributed by atoms with Gasteiger partial charge in [0, 0.05) is 27.3 Å². The standard InChI is InChI=1S/C48H29N7O/c1-4-14-30(15-5-1)44-50-45(31-16-6-2-7-17-31)52-47(51-44)54-39-22-12-10-20-35(39)37-28-32(24-26-40(37)54)33-25-27-41-38(29-33)49-48-53(34-18-8-3-9-19-34)46-43(55(41)48)36-21-11-13-23-42(36)56-46/h1-29H. The van der Waals surface area contributed by atoms with Crippen LogP contribution >= 0.6 is 0 Å². The molecule has 0 unspecified atom stereocenters. The third-order valence-electron chi connectivity index (χ3n) is 10.7. The van der Waals surface area contributed by atoms with Crippen LogP contribution in [0.1, 0.15) is 0 Å². The van der Waals surface area contributed by atoms with Crippen LogP contribution in [0.15, 0.2) is 180 Å². The van der Waals surface area contributed by atoms with Gasteiger partial charge in [-0.3, -0.25) is 8.97 Å². The Balaban J connectivity index is 1.05. The third kappa shape index (κ3) is 4.53. The molecular weight excluding hydrogens is 691 g/mol. The van der Waals surface area contributed by atoms with Crippen molar-refractivity contribution >= 4 is 60.8 Å². The summed E-state index contributed by atoms with van der Waals surface area (Å²) >= 11 is 0. The number of benzene rings is 7. The summed E-state index contributed by atoms with van der Waals surface area (Å²) in [6.45, 7) is 0. The fourth-order valence-corrected chi connectivity index (χ4v) is 8.17. The number of hydrogen-bond donors (Lipinski definition) is 0. The van der Waals surface area contributed by atoms with Gasteiger partial charge in [0.25, 0.3) is 0 Å². The Kier molecular flexibility index (Phi) is 6.47. The molecule has 0 radical (unpaired) electrons.